The second-order valence-corrected chi connectivity index (χ2v) is 8.22. The molecule has 1 unspecified atom stereocenters. The van der Waals surface area contributed by atoms with E-state index in [0.717, 1.165) is 53.5 Å². The molecule has 6 heteroatoms. The Hall–Kier alpha value is -2.31. The Bertz CT molecular complexity index is 893. The van der Waals surface area contributed by atoms with Crippen molar-refractivity contribution in [2.75, 3.05) is 29.1 Å². The largest absolute Gasteiger partial charge is 0.377 e. The van der Waals surface area contributed by atoms with E-state index in [2.05, 4.69) is 5.32 Å². The third kappa shape index (κ3) is 4.08. The van der Waals surface area contributed by atoms with Gasteiger partial charge in [-0.1, -0.05) is 12.1 Å². The number of nitrogens with zero attached hydrogens (tertiary/aromatic N) is 1. The number of amides is 2. The lowest BCUT2D eigenvalue weighted by atomic mass is 10.1. The Kier molecular flexibility index (Phi) is 5.69. The fourth-order valence-corrected chi connectivity index (χ4v) is 4.86. The van der Waals surface area contributed by atoms with Crippen LogP contribution in [-0.2, 0) is 16.0 Å². The molecule has 2 aromatic rings. The quantitative estimate of drug-likeness (QED) is 0.773. The number of anilines is 2. The van der Waals surface area contributed by atoms with E-state index in [9.17, 15) is 9.59 Å². The van der Waals surface area contributed by atoms with E-state index in [4.69, 9.17) is 4.74 Å². The molecule has 1 fully saturated rings. The van der Waals surface area contributed by atoms with Crippen LogP contribution in [0.1, 0.15) is 35.7 Å². The zero-order chi connectivity index (χ0) is 19.5. The molecule has 2 amide bonds. The van der Waals surface area contributed by atoms with Crippen LogP contribution in [0.4, 0.5) is 11.4 Å². The third-order valence-corrected chi connectivity index (χ3v) is 6.40. The molecule has 2 aliphatic heterocycles. The van der Waals surface area contributed by atoms with Crippen LogP contribution in [0.2, 0.25) is 0 Å². The van der Waals surface area contributed by atoms with Crippen molar-refractivity contribution >= 4 is 35.0 Å². The van der Waals surface area contributed by atoms with Crippen molar-refractivity contribution in [2.24, 2.45) is 0 Å². The van der Waals surface area contributed by atoms with E-state index in [-0.39, 0.29) is 17.9 Å². The number of fused-ring (bicyclic) bond motifs is 1. The summed E-state index contributed by atoms with van der Waals surface area (Å²) < 4.78 is 5.69. The lowest BCUT2D eigenvalue weighted by Gasteiger charge is -2.15. The summed E-state index contributed by atoms with van der Waals surface area (Å²) >= 11 is 1.68. The molecule has 2 aromatic carbocycles. The van der Waals surface area contributed by atoms with Crippen molar-refractivity contribution in [3.8, 4) is 0 Å². The number of nitrogens with one attached hydrogen (secondary N) is 1. The minimum atomic E-state index is -0.114. The first-order valence-electron chi connectivity index (χ1n) is 9.67. The molecule has 2 aliphatic rings. The zero-order valence-corrected chi connectivity index (χ0v) is 16.8. The van der Waals surface area contributed by atoms with Gasteiger partial charge in [0.1, 0.15) is 0 Å². The molecule has 0 aromatic heterocycles. The molecule has 28 heavy (non-hydrogen) atoms. The Morgan fingerprint density at radius 1 is 1.25 bits per heavy atom. The van der Waals surface area contributed by atoms with Crippen LogP contribution in [0.3, 0.4) is 0 Å². The molecule has 2 heterocycles. The van der Waals surface area contributed by atoms with Gasteiger partial charge in [-0.05, 0) is 55.2 Å². The lowest BCUT2D eigenvalue weighted by molar-refractivity contribution is -0.116. The number of hydrogen-bond acceptors (Lipinski definition) is 4. The molecule has 0 spiro atoms. The van der Waals surface area contributed by atoms with Crippen LogP contribution >= 0.6 is 11.8 Å². The molecule has 1 saturated heterocycles. The Labute approximate surface area is 169 Å². The highest BCUT2D eigenvalue weighted by Crippen LogP contribution is 2.31. The van der Waals surface area contributed by atoms with Gasteiger partial charge >= 0.3 is 0 Å². The first-order chi connectivity index (χ1) is 13.6. The average molecular weight is 397 g/mol. The van der Waals surface area contributed by atoms with Gasteiger partial charge < -0.3 is 15.0 Å². The Balaban J connectivity index is 1.46. The number of carbonyl (C=O) groups is 2. The van der Waals surface area contributed by atoms with Crippen molar-refractivity contribution < 1.29 is 14.3 Å². The van der Waals surface area contributed by atoms with Gasteiger partial charge in [-0.3, -0.25) is 9.59 Å². The number of carbonyl (C=O) groups excluding carboxylic acids is 2. The fraction of sp³-hybridized carbons (Fsp3) is 0.364. The molecule has 0 radical (unpaired) electrons. The molecule has 0 bridgehead atoms. The molecule has 0 aliphatic carbocycles. The van der Waals surface area contributed by atoms with Gasteiger partial charge in [0.2, 0.25) is 5.91 Å². The lowest BCUT2D eigenvalue weighted by Crippen LogP contribution is -2.25. The summed E-state index contributed by atoms with van der Waals surface area (Å²) in [5.74, 6) is 0.800. The van der Waals surface area contributed by atoms with Gasteiger partial charge in [-0.25, -0.2) is 0 Å². The zero-order valence-electron chi connectivity index (χ0n) is 15.9. The smallest absolute Gasteiger partial charge is 0.256 e. The van der Waals surface area contributed by atoms with Crippen molar-refractivity contribution in [2.45, 2.75) is 37.2 Å². The van der Waals surface area contributed by atoms with Gasteiger partial charge in [-0.2, -0.15) is 0 Å². The minimum absolute atomic E-state index is 0.0488. The fourth-order valence-electron chi connectivity index (χ4n) is 3.74. The summed E-state index contributed by atoms with van der Waals surface area (Å²) in [6.45, 7) is 3.12. The standard InChI is InChI=1S/C22H24N2O3S/c1-15(25)24-11-10-16-13-17(8-9-20(16)24)23-22(26)19-6-2-3-7-21(19)28-14-18-5-4-12-27-18/h2-3,6-9,13,18H,4-5,10-12,14H2,1H3,(H,23,26). The maximum Gasteiger partial charge on any atom is 0.256 e. The summed E-state index contributed by atoms with van der Waals surface area (Å²) in [4.78, 5) is 27.3. The number of benzene rings is 2. The predicted octanol–water partition coefficient (Wildman–Crippen LogP) is 4.12. The topological polar surface area (TPSA) is 58.6 Å². The van der Waals surface area contributed by atoms with E-state index in [1.54, 1.807) is 23.6 Å². The predicted molar refractivity (Wildman–Crippen MR) is 112 cm³/mol. The summed E-state index contributed by atoms with van der Waals surface area (Å²) in [5, 5.41) is 3.01. The SMILES string of the molecule is CC(=O)N1CCc2cc(NC(=O)c3ccccc3SCC3CCCO3)ccc21. The first kappa shape index (κ1) is 19.0. The van der Waals surface area contributed by atoms with Crippen LogP contribution in [0.15, 0.2) is 47.4 Å². The van der Waals surface area contributed by atoms with E-state index in [0.29, 0.717) is 12.1 Å². The van der Waals surface area contributed by atoms with E-state index in [1.807, 2.05) is 42.5 Å². The van der Waals surface area contributed by atoms with Crippen LogP contribution in [0, 0.1) is 0 Å². The van der Waals surface area contributed by atoms with Crippen LogP contribution in [0.5, 0.6) is 0 Å². The summed E-state index contributed by atoms with van der Waals surface area (Å²) in [5.41, 5.74) is 3.47. The first-order valence-corrected chi connectivity index (χ1v) is 10.7. The highest BCUT2D eigenvalue weighted by Gasteiger charge is 2.23. The van der Waals surface area contributed by atoms with Gasteiger partial charge in [0.05, 0.1) is 11.7 Å². The van der Waals surface area contributed by atoms with Crippen LogP contribution in [0.25, 0.3) is 0 Å². The molecule has 5 nitrogen and oxygen atoms in total. The Morgan fingerprint density at radius 2 is 2.11 bits per heavy atom. The monoisotopic (exact) mass is 396 g/mol. The minimum Gasteiger partial charge on any atom is -0.377 e. The van der Waals surface area contributed by atoms with E-state index >= 15 is 0 Å². The van der Waals surface area contributed by atoms with E-state index < -0.39 is 0 Å². The van der Waals surface area contributed by atoms with Gasteiger partial charge in [0, 0.05) is 42.1 Å². The van der Waals surface area contributed by atoms with Crippen molar-refractivity contribution in [3.05, 3.63) is 53.6 Å². The molecule has 4 rings (SSSR count). The highest BCUT2D eigenvalue weighted by molar-refractivity contribution is 7.99. The maximum atomic E-state index is 12.9. The highest BCUT2D eigenvalue weighted by atomic mass is 32.2. The summed E-state index contributed by atoms with van der Waals surface area (Å²) in [6.07, 6.45) is 3.30. The normalized spacial score (nSPS) is 18.2. The second-order valence-electron chi connectivity index (χ2n) is 7.16. The molecule has 1 N–H and O–H groups in total. The Morgan fingerprint density at radius 3 is 2.89 bits per heavy atom. The molecule has 0 saturated carbocycles. The molecular formula is C22H24N2O3S. The summed E-state index contributed by atoms with van der Waals surface area (Å²) in [7, 11) is 0. The van der Waals surface area contributed by atoms with Crippen LogP contribution in [-0.4, -0.2) is 36.8 Å². The number of rotatable bonds is 5. The van der Waals surface area contributed by atoms with Gasteiger partial charge in [-0.15, -0.1) is 11.8 Å². The summed E-state index contributed by atoms with van der Waals surface area (Å²) in [6, 6.07) is 13.4. The van der Waals surface area contributed by atoms with Gasteiger partial charge in [0.25, 0.3) is 5.91 Å². The van der Waals surface area contributed by atoms with Gasteiger partial charge in [0.15, 0.2) is 0 Å². The second kappa shape index (κ2) is 8.37. The number of thioether (sulfide) groups is 1. The van der Waals surface area contributed by atoms with Crippen molar-refractivity contribution in [1.82, 2.24) is 0 Å². The molecular weight excluding hydrogens is 372 g/mol. The van der Waals surface area contributed by atoms with Crippen LogP contribution < -0.4 is 10.2 Å². The molecule has 146 valence electrons. The molecule has 1 atom stereocenters. The van der Waals surface area contributed by atoms with Crippen molar-refractivity contribution in [3.63, 3.8) is 0 Å². The third-order valence-electron chi connectivity index (χ3n) is 5.19. The number of hydrogen-bond donors (Lipinski definition) is 1. The number of ether oxygens (including phenoxy) is 1. The van der Waals surface area contributed by atoms with Crippen molar-refractivity contribution in [1.29, 1.82) is 0 Å². The average Bonchev–Trinajstić information content (AvgIpc) is 3.36. The maximum absolute atomic E-state index is 12.9. The van der Waals surface area contributed by atoms with E-state index in [1.165, 1.54) is 0 Å².